The second-order valence-corrected chi connectivity index (χ2v) is 35.1. The van der Waals surface area contributed by atoms with Crippen molar-refractivity contribution < 1.29 is 119 Å². The highest BCUT2D eigenvalue weighted by Crippen LogP contribution is 2.45. The third kappa shape index (κ3) is 27.9. The summed E-state index contributed by atoms with van der Waals surface area (Å²) in [5.41, 5.74) is 18.9. The highest BCUT2D eigenvalue weighted by Gasteiger charge is 2.43. The van der Waals surface area contributed by atoms with Crippen molar-refractivity contribution in [1.29, 1.82) is 0 Å². The Bertz CT molecular complexity index is 6130. The van der Waals surface area contributed by atoms with Crippen LogP contribution in [0.5, 0.6) is 23.5 Å². The van der Waals surface area contributed by atoms with Crippen LogP contribution in [0.25, 0.3) is 45.0 Å². The fourth-order valence-corrected chi connectivity index (χ4v) is 16.6. The molecule has 0 aliphatic carbocycles. The molecule has 145 heavy (non-hydrogen) atoms. The first-order valence-corrected chi connectivity index (χ1v) is 46.7. The van der Waals surface area contributed by atoms with E-state index in [0.29, 0.717) is 176 Å². The van der Waals surface area contributed by atoms with Crippen LogP contribution in [0.3, 0.4) is 0 Å². The minimum atomic E-state index is -4.68. The van der Waals surface area contributed by atoms with Gasteiger partial charge in [0.25, 0.3) is 5.91 Å². The van der Waals surface area contributed by atoms with E-state index in [0.717, 1.165) is 54.6 Å². The van der Waals surface area contributed by atoms with Gasteiger partial charge >= 0.3 is 36.9 Å². The molecule has 8 aliphatic rings. The monoisotopic (exact) mass is 2030 g/mol. The van der Waals surface area contributed by atoms with Crippen molar-refractivity contribution in [3.63, 3.8) is 0 Å². The van der Waals surface area contributed by atoms with Gasteiger partial charge in [-0.3, -0.25) is 9.59 Å². The van der Waals surface area contributed by atoms with Gasteiger partial charge in [0.1, 0.15) is 54.3 Å². The van der Waals surface area contributed by atoms with Crippen molar-refractivity contribution in [1.82, 2.24) is 79.4 Å². The minimum absolute atomic E-state index is 0.00144. The van der Waals surface area contributed by atoms with Gasteiger partial charge in [0.15, 0.2) is 0 Å². The fraction of sp³-hybridized carbons (Fsp3) is 0.453. The van der Waals surface area contributed by atoms with Gasteiger partial charge in [0.05, 0.1) is 130 Å². The van der Waals surface area contributed by atoms with Crippen LogP contribution in [-0.4, -0.2) is 291 Å². The number of carbonyl (C=O) groups excluding carboxylic acids is 4. The lowest BCUT2D eigenvalue weighted by molar-refractivity contribution is -0.137. The molecule has 0 unspecified atom stereocenters. The number of amides is 4. The van der Waals surface area contributed by atoms with Crippen molar-refractivity contribution in [2.24, 2.45) is 5.92 Å². The van der Waals surface area contributed by atoms with E-state index in [2.05, 4.69) is 59.8 Å². The normalized spacial score (nSPS) is 18.4. The Morgan fingerprint density at radius 3 is 0.931 bits per heavy atom. The Balaban J connectivity index is 0.000000145. The first kappa shape index (κ1) is 105. The predicted octanol–water partition coefficient (Wildman–Crippen LogP) is 12.6. The second kappa shape index (κ2) is 46.4. The number of rotatable bonds is 21. The Morgan fingerprint density at radius 2 is 0.634 bits per heavy atom. The minimum Gasteiger partial charge on any atom is -0.472 e. The van der Waals surface area contributed by atoms with E-state index in [-0.39, 0.29) is 171 Å². The molecule has 8 aliphatic heterocycles. The number of morpholine rings is 4. The summed E-state index contributed by atoms with van der Waals surface area (Å²) in [5.74, 6) is 0.179. The SMILES string of the molecule is CC(C)C(=O)N1CC[C@@H](Oc2cc(-c3cnc(N)cc3C(F)(F)F)nc(N3CCOCC3)n2)C1.CC(C)OC(=O)N1CC[C@@H](Oc2cc(-c3cnc(N)cc3C(F)(F)F)nc(N3CCOCC3)n2)C1.Nc1cc(C(F)(F)F)c(-c2cc(O[C@@H]3CCN(C(=O)OCc4ccccc4)C3)nc(N3CCOCC3)n2)cn1.Nc1cc(C(F)(F)F)c(-c2cc(O[C@@H]3CCN(C(=O)c4ccccc4)C3)nc(N3CCOCC3)n2)cn1. The van der Waals surface area contributed by atoms with E-state index < -0.39 is 71.4 Å². The lowest BCUT2D eigenvalue weighted by Crippen LogP contribution is -2.37. The zero-order valence-electron chi connectivity index (χ0n) is 79.2. The van der Waals surface area contributed by atoms with Gasteiger partial charge in [0, 0.05) is 187 Å². The highest BCUT2D eigenvalue weighted by molar-refractivity contribution is 5.94. The number of nitrogen functional groups attached to an aromatic ring is 4. The molecule has 4 atom stereocenters. The number of aromatic nitrogens is 12. The summed E-state index contributed by atoms with van der Waals surface area (Å²) in [6.07, 6.45) is -14.9. The second-order valence-electron chi connectivity index (χ2n) is 35.1. The fourth-order valence-electron chi connectivity index (χ4n) is 16.6. The predicted molar refractivity (Wildman–Crippen MR) is 502 cm³/mol. The lowest BCUT2D eigenvalue weighted by atomic mass is 10.1. The molecule has 38 nitrogen and oxygen atoms in total. The topological polar surface area (TPSA) is 445 Å². The summed E-state index contributed by atoms with van der Waals surface area (Å²) in [5, 5.41) is 0. The number of benzene rings is 2. The van der Waals surface area contributed by atoms with Crippen molar-refractivity contribution in [2.75, 3.05) is 200 Å². The molecule has 774 valence electrons. The Kier molecular flexibility index (Phi) is 33.5. The molecular weight excluding hydrogens is 1930 g/mol. The molecule has 8 N–H and O–H groups in total. The Labute approximate surface area is 823 Å². The number of carbonyl (C=O) groups is 4. The molecule has 0 spiro atoms. The molecule has 8 fully saturated rings. The molecule has 8 saturated heterocycles. The summed E-state index contributed by atoms with van der Waals surface area (Å²) >= 11 is 0. The number of alkyl halides is 12. The van der Waals surface area contributed by atoms with Crippen LogP contribution in [0.4, 0.5) is 109 Å². The van der Waals surface area contributed by atoms with E-state index in [4.69, 9.17) is 70.3 Å². The largest absolute Gasteiger partial charge is 0.472 e. The van der Waals surface area contributed by atoms with Gasteiger partial charge in [-0.1, -0.05) is 62.4 Å². The van der Waals surface area contributed by atoms with Gasteiger partial charge < -0.3 is 110 Å². The molecule has 0 saturated carbocycles. The zero-order chi connectivity index (χ0) is 103. The average Bonchev–Trinajstić information content (AvgIpc) is 1.47. The molecule has 2 aromatic carbocycles. The summed E-state index contributed by atoms with van der Waals surface area (Å²) in [7, 11) is 0. The third-order valence-electron chi connectivity index (χ3n) is 23.9. The summed E-state index contributed by atoms with van der Waals surface area (Å²) in [4.78, 5) is 115. The quantitative estimate of drug-likeness (QED) is 0.0485. The summed E-state index contributed by atoms with van der Waals surface area (Å²) < 4.78 is 222. The summed E-state index contributed by atoms with van der Waals surface area (Å²) in [6, 6.07) is 26.9. The van der Waals surface area contributed by atoms with Crippen LogP contribution in [-0.2, 0) is 64.5 Å². The van der Waals surface area contributed by atoms with E-state index in [1.54, 1.807) is 47.9 Å². The number of nitrogens with two attached hydrogens (primary N) is 4. The van der Waals surface area contributed by atoms with E-state index in [1.165, 1.54) is 34.1 Å². The maximum absolute atomic E-state index is 13.9. The Hall–Kier alpha value is -14.6. The number of hydrogen-bond donors (Lipinski definition) is 4. The number of pyridine rings is 4. The van der Waals surface area contributed by atoms with Crippen molar-refractivity contribution >= 4 is 71.1 Å². The van der Waals surface area contributed by atoms with Crippen LogP contribution >= 0.6 is 0 Å². The standard InChI is InChI=1S/C26H27F3N6O4.C25H25F3N6O3.C22H27F3N6O4.C22H27F3N6O3/c27-26(28,29)20-12-22(30)31-14-19(20)21-13-23(33-24(32-21)34-8-10-37-11-9-34)39-18-6-7-35(15-18)25(36)38-16-17-4-2-1-3-5-17;26-25(27,28)19-12-21(29)30-14-18(19)20-13-22(32-24(31-20)33-8-10-36-11-9-33)37-17-6-7-34(15-17)23(35)16-4-2-1-3-5-16;1-13(2)34-21(32)31-4-3-14(12-31)35-19-10-17(28-20(29-19)30-5-7-33-8-6-30)15-11-27-18(26)9-16(15)22(23,24)25;1-13(2)20(32)31-4-3-14(12-31)34-19-10-17(28-21(29-19)30-5-7-33-8-6-30)15-11-27-18(26)9-16(15)22(23,24)25/h1-5,12-14,18H,6-11,15-16H2,(H2,30,31);1-5,12-14,17H,6-11,15H2,(H2,29,30);9-11,13-14H,3-8,12H2,1-2H3,(H2,26,27);9-11,13-14H,3-8,12H2,1-2H3,(H2,26,27)/t18-;17-;2*14-/m1111/s1. The number of hydrogen-bond acceptors (Lipinski definition) is 34. The maximum atomic E-state index is 13.9. The van der Waals surface area contributed by atoms with Crippen molar-refractivity contribution in [3.8, 4) is 68.5 Å². The molecule has 10 aromatic rings. The average molecular weight is 2040 g/mol. The van der Waals surface area contributed by atoms with E-state index >= 15 is 0 Å². The van der Waals surface area contributed by atoms with Gasteiger partial charge in [0.2, 0.25) is 53.2 Å². The van der Waals surface area contributed by atoms with Crippen LogP contribution in [0, 0.1) is 5.92 Å². The molecule has 4 amide bonds. The van der Waals surface area contributed by atoms with Gasteiger partial charge in [-0.2, -0.15) is 72.6 Å². The smallest absolute Gasteiger partial charge is 0.417 e. The third-order valence-corrected chi connectivity index (χ3v) is 23.9. The van der Waals surface area contributed by atoms with Crippen molar-refractivity contribution in [2.45, 2.75) is 115 Å². The number of halogens is 12. The zero-order valence-corrected chi connectivity index (χ0v) is 79.2. The molecular formula is C95H106F12N24O14. The van der Waals surface area contributed by atoms with E-state index in [1.807, 2.05) is 69.8 Å². The molecule has 18 rings (SSSR count). The van der Waals surface area contributed by atoms with E-state index in [9.17, 15) is 71.9 Å². The first-order valence-electron chi connectivity index (χ1n) is 46.7. The van der Waals surface area contributed by atoms with Gasteiger partial charge in [-0.15, -0.1) is 0 Å². The van der Waals surface area contributed by atoms with Crippen LogP contribution in [0.15, 0.2) is 134 Å². The van der Waals surface area contributed by atoms with Gasteiger partial charge in [-0.25, -0.2) is 49.5 Å². The van der Waals surface area contributed by atoms with Gasteiger partial charge in [-0.05, 0) is 55.8 Å². The number of anilines is 8. The number of nitrogens with zero attached hydrogens (tertiary/aromatic N) is 20. The molecule has 50 heteroatoms. The van der Waals surface area contributed by atoms with Crippen molar-refractivity contribution in [3.05, 3.63) is 167 Å². The lowest BCUT2D eigenvalue weighted by Gasteiger charge is -2.27. The van der Waals surface area contributed by atoms with Crippen LogP contribution < -0.4 is 61.5 Å². The number of ether oxygens (including phenoxy) is 10. The first-order chi connectivity index (χ1) is 69.2. The maximum Gasteiger partial charge on any atom is 0.417 e. The number of likely N-dealkylation sites (tertiary alicyclic amines) is 4. The molecule has 0 bridgehead atoms. The molecule has 8 aromatic heterocycles. The highest BCUT2D eigenvalue weighted by atomic mass is 19.4. The molecule has 16 heterocycles. The van der Waals surface area contributed by atoms with Crippen LogP contribution in [0.2, 0.25) is 0 Å². The van der Waals surface area contributed by atoms with Crippen LogP contribution in [0.1, 0.15) is 91.6 Å². The Morgan fingerprint density at radius 1 is 0.359 bits per heavy atom. The molecule has 0 radical (unpaired) electrons. The summed E-state index contributed by atoms with van der Waals surface area (Å²) in [6.45, 7) is 17.9.